The number of fused-ring (bicyclic) bond motifs is 4. The fraction of sp³-hybridized carbons (Fsp3) is 0. The Bertz CT molecular complexity index is 1170. The zero-order chi connectivity index (χ0) is 15.2. The molecule has 0 fully saturated rings. The molecule has 0 spiro atoms. The first-order valence-corrected chi connectivity index (χ1v) is 7.38. The SMILES string of the molecule is c1cnc2c(-c3nccc4oc5cccnc5c34)cccc2c1. The first kappa shape index (κ1) is 12.3. The number of hydrogen-bond acceptors (Lipinski definition) is 4. The van der Waals surface area contributed by atoms with E-state index in [0.29, 0.717) is 0 Å². The van der Waals surface area contributed by atoms with Gasteiger partial charge in [0.15, 0.2) is 5.58 Å². The summed E-state index contributed by atoms with van der Waals surface area (Å²) in [6, 6.07) is 15.8. The largest absolute Gasteiger partial charge is 0.454 e. The van der Waals surface area contributed by atoms with Crippen molar-refractivity contribution < 1.29 is 4.42 Å². The molecule has 0 amide bonds. The molecular weight excluding hydrogens is 286 g/mol. The van der Waals surface area contributed by atoms with Crippen molar-refractivity contribution in [2.24, 2.45) is 0 Å². The van der Waals surface area contributed by atoms with E-state index in [-0.39, 0.29) is 0 Å². The molecule has 5 aromatic rings. The zero-order valence-electron chi connectivity index (χ0n) is 12.1. The lowest BCUT2D eigenvalue weighted by Gasteiger charge is -2.06. The maximum atomic E-state index is 5.90. The number of aromatic nitrogens is 3. The minimum Gasteiger partial charge on any atom is -0.454 e. The summed E-state index contributed by atoms with van der Waals surface area (Å²) in [5, 5.41) is 2.02. The molecule has 0 saturated carbocycles. The molecule has 0 saturated heterocycles. The van der Waals surface area contributed by atoms with E-state index in [1.165, 1.54) is 0 Å². The van der Waals surface area contributed by atoms with Crippen molar-refractivity contribution in [1.82, 2.24) is 15.0 Å². The number of benzene rings is 1. The molecule has 23 heavy (non-hydrogen) atoms. The van der Waals surface area contributed by atoms with Crippen LogP contribution < -0.4 is 0 Å². The standard InChI is InChI=1S/C19H11N3O/c1-4-12-5-2-9-20-17(12)13(6-1)18-16-14(8-11-22-18)23-15-7-3-10-21-19(15)16/h1-11H. The van der Waals surface area contributed by atoms with Gasteiger partial charge in [0.2, 0.25) is 0 Å². The third-order valence-corrected chi connectivity index (χ3v) is 4.03. The maximum Gasteiger partial charge on any atom is 0.153 e. The van der Waals surface area contributed by atoms with Crippen LogP contribution in [-0.2, 0) is 0 Å². The molecule has 0 radical (unpaired) electrons. The van der Waals surface area contributed by atoms with Gasteiger partial charge in [-0.2, -0.15) is 0 Å². The van der Waals surface area contributed by atoms with Crippen molar-refractivity contribution in [3.8, 4) is 11.3 Å². The summed E-state index contributed by atoms with van der Waals surface area (Å²) in [7, 11) is 0. The second kappa shape index (κ2) is 4.61. The van der Waals surface area contributed by atoms with E-state index < -0.39 is 0 Å². The lowest BCUT2D eigenvalue weighted by molar-refractivity contribution is 0.668. The van der Waals surface area contributed by atoms with E-state index in [4.69, 9.17) is 4.42 Å². The number of furan rings is 1. The van der Waals surface area contributed by atoms with Crippen LogP contribution in [0.25, 0.3) is 44.2 Å². The van der Waals surface area contributed by atoms with Crippen LogP contribution in [0.5, 0.6) is 0 Å². The minimum atomic E-state index is 0.768. The Morgan fingerprint density at radius 1 is 0.652 bits per heavy atom. The van der Waals surface area contributed by atoms with Crippen LogP contribution in [0, 0.1) is 0 Å². The van der Waals surface area contributed by atoms with E-state index >= 15 is 0 Å². The summed E-state index contributed by atoms with van der Waals surface area (Å²) in [6.07, 6.45) is 5.34. The van der Waals surface area contributed by atoms with Crippen molar-refractivity contribution in [3.63, 3.8) is 0 Å². The van der Waals surface area contributed by atoms with Gasteiger partial charge in [-0.1, -0.05) is 24.3 Å². The third kappa shape index (κ3) is 1.75. The van der Waals surface area contributed by atoms with Crippen LogP contribution in [0.1, 0.15) is 0 Å². The van der Waals surface area contributed by atoms with E-state index in [1.807, 2.05) is 36.4 Å². The average Bonchev–Trinajstić information content (AvgIpc) is 3.00. The van der Waals surface area contributed by atoms with Crippen LogP contribution in [-0.4, -0.2) is 15.0 Å². The van der Waals surface area contributed by atoms with Crippen LogP contribution in [0.3, 0.4) is 0 Å². The summed E-state index contributed by atoms with van der Waals surface area (Å²) >= 11 is 0. The first-order valence-electron chi connectivity index (χ1n) is 7.38. The molecule has 4 heteroatoms. The normalized spacial score (nSPS) is 11.5. The molecule has 0 aliphatic rings. The summed E-state index contributed by atoms with van der Waals surface area (Å²) in [5.74, 6) is 0. The van der Waals surface area contributed by atoms with Gasteiger partial charge in [-0.3, -0.25) is 15.0 Å². The molecule has 0 atom stereocenters. The fourth-order valence-corrected chi connectivity index (χ4v) is 3.04. The Morgan fingerprint density at radius 3 is 2.43 bits per heavy atom. The molecule has 0 aliphatic carbocycles. The number of para-hydroxylation sites is 1. The van der Waals surface area contributed by atoms with Gasteiger partial charge in [0.05, 0.1) is 16.6 Å². The summed E-state index contributed by atoms with van der Waals surface area (Å²) in [6.45, 7) is 0. The van der Waals surface area contributed by atoms with Gasteiger partial charge in [0, 0.05) is 29.5 Å². The minimum absolute atomic E-state index is 0.768. The number of rotatable bonds is 1. The molecule has 1 aromatic carbocycles. The van der Waals surface area contributed by atoms with Gasteiger partial charge in [-0.05, 0) is 24.3 Å². The van der Waals surface area contributed by atoms with Crippen molar-refractivity contribution in [1.29, 1.82) is 0 Å². The highest BCUT2D eigenvalue weighted by Crippen LogP contribution is 2.36. The van der Waals surface area contributed by atoms with Crippen LogP contribution in [0.4, 0.5) is 0 Å². The van der Waals surface area contributed by atoms with Gasteiger partial charge >= 0.3 is 0 Å². The van der Waals surface area contributed by atoms with Crippen molar-refractivity contribution in [3.05, 3.63) is 67.1 Å². The van der Waals surface area contributed by atoms with Crippen molar-refractivity contribution in [2.45, 2.75) is 0 Å². The van der Waals surface area contributed by atoms with E-state index in [1.54, 1.807) is 18.6 Å². The highest BCUT2D eigenvalue weighted by Gasteiger charge is 2.16. The third-order valence-electron chi connectivity index (χ3n) is 4.03. The van der Waals surface area contributed by atoms with Gasteiger partial charge < -0.3 is 4.42 Å². The Hall–Kier alpha value is -3.27. The number of pyridine rings is 3. The Kier molecular flexibility index (Phi) is 2.46. The molecular formula is C19H11N3O. The molecule has 5 rings (SSSR count). The average molecular weight is 297 g/mol. The molecule has 4 aromatic heterocycles. The van der Waals surface area contributed by atoms with Crippen molar-refractivity contribution >= 4 is 33.0 Å². The smallest absolute Gasteiger partial charge is 0.153 e. The Balaban J connectivity index is 1.96. The molecule has 108 valence electrons. The Morgan fingerprint density at radius 2 is 1.48 bits per heavy atom. The molecule has 4 heterocycles. The van der Waals surface area contributed by atoms with E-state index in [2.05, 4.69) is 27.1 Å². The highest BCUT2D eigenvalue weighted by molar-refractivity contribution is 6.11. The fourth-order valence-electron chi connectivity index (χ4n) is 3.04. The van der Waals surface area contributed by atoms with Gasteiger partial charge in [0.1, 0.15) is 11.1 Å². The predicted octanol–water partition coefficient (Wildman–Crippen LogP) is 4.59. The predicted molar refractivity (Wildman–Crippen MR) is 90.0 cm³/mol. The van der Waals surface area contributed by atoms with Crippen LogP contribution in [0.2, 0.25) is 0 Å². The van der Waals surface area contributed by atoms with Crippen LogP contribution in [0.15, 0.2) is 71.5 Å². The van der Waals surface area contributed by atoms with Crippen molar-refractivity contribution in [2.75, 3.05) is 0 Å². The Labute approximate surface area is 131 Å². The van der Waals surface area contributed by atoms with E-state index in [0.717, 1.165) is 44.2 Å². The molecule has 4 nitrogen and oxygen atoms in total. The second-order valence-corrected chi connectivity index (χ2v) is 5.37. The molecule has 0 aliphatic heterocycles. The van der Waals surface area contributed by atoms with Gasteiger partial charge in [0.25, 0.3) is 0 Å². The lowest BCUT2D eigenvalue weighted by Crippen LogP contribution is -1.88. The zero-order valence-corrected chi connectivity index (χ0v) is 12.1. The monoisotopic (exact) mass is 297 g/mol. The first-order chi connectivity index (χ1) is 11.4. The topological polar surface area (TPSA) is 51.8 Å². The van der Waals surface area contributed by atoms with Gasteiger partial charge in [-0.15, -0.1) is 0 Å². The molecule has 0 bridgehead atoms. The van der Waals surface area contributed by atoms with Gasteiger partial charge in [-0.25, -0.2) is 0 Å². The number of hydrogen-bond donors (Lipinski definition) is 0. The maximum absolute atomic E-state index is 5.90. The summed E-state index contributed by atoms with van der Waals surface area (Å²) < 4.78 is 5.90. The molecule has 0 unspecified atom stereocenters. The van der Waals surface area contributed by atoms with Crippen LogP contribution >= 0.6 is 0 Å². The highest BCUT2D eigenvalue weighted by atomic mass is 16.3. The summed E-state index contributed by atoms with van der Waals surface area (Å²) in [5.41, 5.74) is 5.16. The molecule has 0 N–H and O–H groups in total. The number of nitrogens with zero attached hydrogens (tertiary/aromatic N) is 3. The lowest BCUT2D eigenvalue weighted by atomic mass is 10.0. The quantitative estimate of drug-likeness (QED) is 0.454. The second-order valence-electron chi connectivity index (χ2n) is 5.37. The van der Waals surface area contributed by atoms with E-state index in [9.17, 15) is 0 Å². The summed E-state index contributed by atoms with van der Waals surface area (Å²) in [4.78, 5) is 13.6.